The van der Waals surface area contributed by atoms with Crippen LogP contribution in [0.2, 0.25) is 0 Å². The summed E-state index contributed by atoms with van der Waals surface area (Å²) in [4.78, 5) is 11.0. The number of thioether (sulfide) groups is 1. The van der Waals surface area contributed by atoms with E-state index in [9.17, 15) is 26.7 Å². The van der Waals surface area contributed by atoms with Crippen molar-refractivity contribution < 1.29 is 31.5 Å². The van der Waals surface area contributed by atoms with Gasteiger partial charge in [-0.05, 0) is 18.6 Å². The Morgan fingerprint density at radius 1 is 1.22 bits per heavy atom. The molecule has 0 aromatic heterocycles. The van der Waals surface area contributed by atoms with Crippen LogP contribution in [0.4, 0.5) is 22.0 Å². The third-order valence-corrected chi connectivity index (χ3v) is 2.90. The van der Waals surface area contributed by atoms with E-state index in [1.54, 1.807) is 0 Å². The van der Waals surface area contributed by atoms with Gasteiger partial charge in [0.05, 0.1) is 12.4 Å². The molecule has 2 nitrogen and oxygen atoms in total. The fourth-order valence-electron chi connectivity index (χ4n) is 0.951. The van der Waals surface area contributed by atoms with Gasteiger partial charge in [0.2, 0.25) is 0 Å². The van der Waals surface area contributed by atoms with Crippen molar-refractivity contribution >= 4 is 17.7 Å². The summed E-state index contributed by atoms with van der Waals surface area (Å²) in [6, 6.07) is 0. The molecule has 0 aromatic carbocycles. The summed E-state index contributed by atoms with van der Waals surface area (Å²) in [5.41, 5.74) is 0. The van der Waals surface area contributed by atoms with Crippen molar-refractivity contribution in [3.8, 4) is 0 Å². The van der Waals surface area contributed by atoms with Crippen molar-refractivity contribution in [2.45, 2.75) is 38.3 Å². The van der Waals surface area contributed by atoms with E-state index in [1.165, 1.54) is 0 Å². The van der Waals surface area contributed by atoms with Gasteiger partial charge in [0.1, 0.15) is 0 Å². The number of alkyl halides is 5. The molecule has 0 aliphatic heterocycles. The minimum atomic E-state index is -5.50. The summed E-state index contributed by atoms with van der Waals surface area (Å²) in [5, 5.41) is 0. The number of ether oxygens (including phenoxy) is 1. The monoisotopic (exact) mass is 294 g/mol. The second-order valence-corrected chi connectivity index (χ2v) is 4.68. The summed E-state index contributed by atoms with van der Waals surface area (Å²) in [6.07, 6.45) is -6.39. The van der Waals surface area contributed by atoms with Crippen molar-refractivity contribution in [1.82, 2.24) is 0 Å². The minimum Gasteiger partial charge on any atom is -0.465 e. The number of halogens is 5. The Kier molecular flexibility index (Phi) is 7.58. The zero-order chi connectivity index (χ0) is 14.2. The summed E-state index contributed by atoms with van der Waals surface area (Å²) in [5.74, 6) is -5.11. The maximum absolute atomic E-state index is 12.5. The second-order valence-electron chi connectivity index (χ2n) is 3.58. The van der Waals surface area contributed by atoms with Crippen molar-refractivity contribution in [2.24, 2.45) is 0 Å². The van der Waals surface area contributed by atoms with Gasteiger partial charge in [0.15, 0.2) is 0 Å². The molecule has 8 heteroatoms. The van der Waals surface area contributed by atoms with Crippen LogP contribution in [-0.2, 0) is 9.53 Å². The Hall–Kier alpha value is -0.530. The molecule has 0 fully saturated rings. The zero-order valence-corrected chi connectivity index (χ0v) is 10.7. The molecule has 0 unspecified atom stereocenters. The van der Waals surface area contributed by atoms with Crippen molar-refractivity contribution in [3.63, 3.8) is 0 Å². The fraction of sp³-hybridized carbons (Fsp3) is 0.900. The largest absolute Gasteiger partial charge is 0.465 e. The predicted octanol–water partition coefficient (Wildman–Crippen LogP) is 3.65. The Balaban J connectivity index is 3.66. The first-order valence-corrected chi connectivity index (χ1v) is 6.54. The van der Waals surface area contributed by atoms with E-state index in [1.807, 2.05) is 6.92 Å². The molecule has 0 atom stereocenters. The normalized spacial score (nSPS) is 12.6. The quantitative estimate of drug-likeness (QED) is 0.388. The average molecular weight is 294 g/mol. The lowest BCUT2D eigenvalue weighted by molar-refractivity contribution is -0.284. The molecule has 0 rings (SSSR count). The lowest BCUT2D eigenvalue weighted by Gasteiger charge is -2.18. The highest BCUT2D eigenvalue weighted by Crippen LogP contribution is 2.38. The van der Waals surface area contributed by atoms with E-state index < -0.39 is 24.5 Å². The lowest BCUT2D eigenvalue weighted by atomic mass is 10.2. The first-order chi connectivity index (χ1) is 8.20. The average Bonchev–Trinajstić information content (AvgIpc) is 2.24. The summed E-state index contributed by atoms with van der Waals surface area (Å²) in [6.45, 7) is 2.10. The summed E-state index contributed by atoms with van der Waals surface area (Å²) in [7, 11) is 0. The number of carbonyl (C=O) groups is 1. The van der Waals surface area contributed by atoms with Crippen LogP contribution in [0.25, 0.3) is 0 Å². The predicted molar refractivity (Wildman–Crippen MR) is 58.8 cm³/mol. The molecule has 0 radical (unpaired) electrons. The van der Waals surface area contributed by atoms with Gasteiger partial charge in [-0.1, -0.05) is 6.92 Å². The van der Waals surface area contributed by atoms with E-state index in [0.717, 1.165) is 11.8 Å². The summed E-state index contributed by atoms with van der Waals surface area (Å²) < 4.78 is 65.0. The molecular formula is C10H15F5O2S. The summed E-state index contributed by atoms with van der Waals surface area (Å²) >= 11 is 0.988. The van der Waals surface area contributed by atoms with Crippen LogP contribution in [-0.4, -0.2) is 36.2 Å². The molecule has 0 spiro atoms. The maximum atomic E-state index is 12.5. The number of esters is 1. The molecule has 0 aliphatic carbocycles. The molecule has 0 bridgehead atoms. The van der Waals surface area contributed by atoms with Gasteiger partial charge in [0, 0.05) is 6.42 Å². The molecule has 108 valence electrons. The Labute approximate surface area is 106 Å². The van der Waals surface area contributed by atoms with Crippen LogP contribution in [0.5, 0.6) is 0 Å². The van der Waals surface area contributed by atoms with Gasteiger partial charge >= 0.3 is 18.1 Å². The zero-order valence-electron chi connectivity index (χ0n) is 9.86. The van der Waals surface area contributed by atoms with Crippen molar-refractivity contribution in [1.29, 1.82) is 0 Å². The van der Waals surface area contributed by atoms with Crippen LogP contribution in [0.15, 0.2) is 0 Å². The fourth-order valence-corrected chi connectivity index (χ4v) is 1.69. The van der Waals surface area contributed by atoms with E-state index in [0.29, 0.717) is 6.42 Å². The Bertz CT molecular complexity index is 255. The first-order valence-electron chi connectivity index (χ1n) is 5.38. The number of hydrogen-bond donors (Lipinski definition) is 0. The van der Waals surface area contributed by atoms with Gasteiger partial charge < -0.3 is 4.74 Å². The van der Waals surface area contributed by atoms with E-state index in [-0.39, 0.29) is 24.5 Å². The third-order valence-electron chi connectivity index (χ3n) is 1.88. The lowest BCUT2D eigenvalue weighted by Crippen LogP contribution is -2.36. The van der Waals surface area contributed by atoms with E-state index >= 15 is 0 Å². The SMILES string of the molecule is CCCOC(=O)CSCCCC(F)(F)C(F)(F)F. The molecule has 0 saturated carbocycles. The molecular weight excluding hydrogens is 279 g/mol. The van der Waals surface area contributed by atoms with Crippen molar-refractivity contribution in [2.75, 3.05) is 18.1 Å². The van der Waals surface area contributed by atoms with E-state index in [2.05, 4.69) is 0 Å². The highest BCUT2D eigenvalue weighted by molar-refractivity contribution is 7.99. The van der Waals surface area contributed by atoms with Gasteiger partial charge in [-0.25, -0.2) is 0 Å². The number of rotatable bonds is 8. The van der Waals surface area contributed by atoms with Crippen LogP contribution in [0, 0.1) is 0 Å². The first kappa shape index (κ1) is 17.5. The van der Waals surface area contributed by atoms with E-state index in [4.69, 9.17) is 4.74 Å². The number of hydrogen-bond acceptors (Lipinski definition) is 3. The molecule has 0 amide bonds. The molecule has 0 heterocycles. The number of carbonyl (C=O) groups excluding carboxylic acids is 1. The van der Waals surface area contributed by atoms with Crippen LogP contribution >= 0.6 is 11.8 Å². The molecule has 0 aromatic rings. The van der Waals surface area contributed by atoms with Crippen LogP contribution < -0.4 is 0 Å². The highest BCUT2D eigenvalue weighted by atomic mass is 32.2. The molecule has 18 heavy (non-hydrogen) atoms. The van der Waals surface area contributed by atoms with Gasteiger partial charge in [0.25, 0.3) is 0 Å². The standard InChI is InChI=1S/C10H15F5O2S/c1-2-5-17-8(16)7-18-6-3-4-9(11,12)10(13,14)15/h2-7H2,1H3. The molecule has 0 N–H and O–H groups in total. The van der Waals surface area contributed by atoms with Gasteiger partial charge in [-0.2, -0.15) is 33.7 Å². The van der Waals surface area contributed by atoms with Crippen LogP contribution in [0.3, 0.4) is 0 Å². The van der Waals surface area contributed by atoms with Crippen molar-refractivity contribution in [3.05, 3.63) is 0 Å². The maximum Gasteiger partial charge on any atom is 0.453 e. The minimum absolute atomic E-state index is 0.0302. The Morgan fingerprint density at radius 2 is 1.83 bits per heavy atom. The second kappa shape index (κ2) is 7.81. The molecule has 0 saturated heterocycles. The van der Waals surface area contributed by atoms with Crippen LogP contribution in [0.1, 0.15) is 26.2 Å². The third kappa shape index (κ3) is 7.03. The van der Waals surface area contributed by atoms with Gasteiger partial charge in [-0.15, -0.1) is 0 Å². The highest BCUT2D eigenvalue weighted by Gasteiger charge is 2.56. The smallest absolute Gasteiger partial charge is 0.453 e. The molecule has 0 aliphatic rings. The Morgan fingerprint density at radius 3 is 2.33 bits per heavy atom. The topological polar surface area (TPSA) is 26.3 Å². The van der Waals surface area contributed by atoms with Gasteiger partial charge in [-0.3, -0.25) is 4.79 Å².